The van der Waals surface area contributed by atoms with E-state index in [-0.39, 0.29) is 11.3 Å². The van der Waals surface area contributed by atoms with Gasteiger partial charge in [0, 0.05) is 22.8 Å². The molecule has 2 aromatic heterocycles. The van der Waals surface area contributed by atoms with Gasteiger partial charge in [0.25, 0.3) is 11.2 Å². The Bertz CT molecular complexity index is 1390. The molecule has 2 aromatic carbocycles. The van der Waals surface area contributed by atoms with Crippen molar-refractivity contribution in [3.63, 3.8) is 0 Å². The normalized spacial score (nSPS) is 11.7. The molecule has 4 rings (SSSR count). The minimum Gasteiger partial charge on any atom is -0.324 e. The van der Waals surface area contributed by atoms with Crippen LogP contribution in [0.1, 0.15) is 5.69 Å². The average Bonchev–Trinajstić information content (AvgIpc) is 3.08. The zero-order valence-electron chi connectivity index (χ0n) is 17.3. The second kappa shape index (κ2) is 9.19. The third-order valence-corrected chi connectivity index (χ3v) is 5.60. The Balaban J connectivity index is 1.97. The van der Waals surface area contributed by atoms with Crippen molar-refractivity contribution in [1.82, 2.24) is 29.2 Å². The molecule has 0 saturated carbocycles. The molecule has 12 heteroatoms. The smallest absolute Gasteiger partial charge is 0.296 e. The summed E-state index contributed by atoms with van der Waals surface area (Å²) in [6.07, 6.45) is 1.80. The Morgan fingerprint density at radius 2 is 1.62 bits per heavy atom. The van der Waals surface area contributed by atoms with Gasteiger partial charge in [0.1, 0.15) is 5.69 Å². The summed E-state index contributed by atoms with van der Waals surface area (Å²) in [5.41, 5.74) is 1.79. The third kappa shape index (κ3) is 4.43. The van der Waals surface area contributed by atoms with Crippen LogP contribution in [0.25, 0.3) is 5.69 Å². The van der Waals surface area contributed by atoms with Crippen LogP contribution in [0.5, 0.6) is 0 Å². The molecule has 2 heterocycles. The fourth-order valence-corrected chi connectivity index (χ4v) is 3.57. The first kappa shape index (κ1) is 22.1. The first-order valence-electron chi connectivity index (χ1n) is 9.37. The van der Waals surface area contributed by atoms with Gasteiger partial charge in [-0.25, -0.2) is 9.25 Å². The number of nitrogens with zero attached hydrogens (tertiary/aromatic N) is 7. The van der Waals surface area contributed by atoms with Crippen LogP contribution >= 0.6 is 35.0 Å². The zero-order chi connectivity index (χ0) is 22.8. The predicted molar refractivity (Wildman–Crippen MR) is 126 cm³/mol. The molecule has 32 heavy (non-hydrogen) atoms. The number of halogens is 2. The summed E-state index contributed by atoms with van der Waals surface area (Å²) >= 11 is 13.4. The molecule has 0 aliphatic rings. The monoisotopic (exact) mass is 488 g/mol. The molecule has 0 unspecified atom stereocenters. The van der Waals surface area contributed by atoms with Gasteiger partial charge in [0.2, 0.25) is 11.1 Å². The highest BCUT2D eigenvalue weighted by atomic mass is 35.5. The molecule has 0 amide bonds. The molecule has 0 radical (unpaired) electrons. The van der Waals surface area contributed by atoms with Crippen molar-refractivity contribution in [2.75, 3.05) is 11.6 Å². The van der Waals surface area contributed by atoms with Gasteiger partial charge >= 0.3 is 0 Å². The largest absolute Gasteiger partial charge is 0.324 e. The van der Waals surface area contributed by atoms with E-state index in [4.69, 9.17) is 23.2 Å². The molecule has 0 atom stereocenters. The lowest BCUT2D eigenvalue weighted by atomic mass is 10.3. The molecular formula is C20H18Cl2N8OS. The molecule has 0 aliphatic carbocycles. The second-order valence-electron chi connectivity index (χ2n) is 6.68. The molecule has 0 spiro atoms. The summed E-state index contributed by atoms with van der Waals surface area (Å²) in [6, 6.07) is 14.4. The summed E-state index contributed by atoms with van der Waals surface area (Å²) in [5, 5.41) is 22.0. The van der Waals surface area contributed by atoms with Gasteiger partial charge in [-0.1, -0.05) is 35.0 Å². The Morgan fingerprint density at radius 1 is 1.00 bits per heavy atom. The van der Waals surface area contributed by atoms with Crippen LogP contribution in [0.2, 0.25) is 10.0 Å². The zero-order valence-corrected chi connectivity index (χ0v) is 19.7. The SMILES string of the molecule is CSc1nnc(C)c(=O)n1/N=c1\n(C)nc(Nc2ccc(Cl)cc2)n1-c1ccc(Cl)cc1. The van der Waals surface area contributed by atoms with Crippen LogP contribution in [0.3, 0.4) is 0 Å². The molecule has 9 nitrogen and oxygen atoms in total. The van der Waals surface area contributed by atoms with E-state index in [1.165, 1.54) is 16.4 Å². The Morgan fingerprint density at radius 3 is 2.25 bits per heavy atom. The van der Waals surface area contributed by atoms with Crippen molar-refractivity contribution in [2.24, 2.45) is 12.1 Å². The van der Waals surface area contributed by atoms with Crippen molar-refractivity contribution in [2.45, 2.75) is 12.1 Å². The summed E-state index contributed by atoms with van der Waals surface area (Å²) in [7, 11) is 1.74. The molecule has 164 valence electrons. The fourth-order valence-electron chi connectivity index (χ4n) is 2.90. The van der Waals surface area contributed by atoms with E-state index in [1.807, 2.05) is 24.3 Å². The van der Waals surface area contributed by atoms with Crippen molar-refractivity contribution >= 4 is 46.6 Å². The number of hydrogen-bond donors (Lipinski definition) is 1. The van der Waals surface area contributed by atoms with Gasteiger partial charge in [-0.05, 0) is 61.7 Å². The Hall–Kier alpha value is -3.08. The van der Waals surface area contributed by atoms with Crippen LogP contribution < -0.4 is 16.5 Å². The molecule has 4 aromatic rings. The van der Waals surface area contributed by atoms with Crippen molar-refractivity contribution in [1.29, 1.82) is 0 Å². The van der Waals surface area contributed by atoms with Gasteiger partial charge in [0.15, 0.2) is 0 Å². The lowest BCUT2D eigenvalue weighted by Gasteiger charge is -2.10. The minimum absolute atomic E-state index is 0.242. The van der Waals surface area contributed by atoms with Crippen LogP contribution in [0.4, 0.5) is 11.6 Å². The van der Waals surface area contributed by atoms with Crippen LogP contribution in [0.15, 0.2) is 63.6 Å². The third-order valence-electron chi connectivity index (χ3n) is 4.47. The number of aryl methyl sites for hydroxylation is 2. The minimum atomic E-state index is -0.361. The highest BCUT2D eigenvalue weighted by Gasteiger charge is 2.15. The molecule has 0 aliphatic heterocycles. The van der Waals surface area contributed by atoms with Gasteiger partial charge in [-0.15, -0.1) is 20.4 Å². The fraction of sp³-hybridized carbons (Fsp3) is 0.150. The van der Waals surface area contributed by atoms with Crippen molar-refractivity contribution < 1.29 is 0 Å². The number of rotatable bonds is 5. The highest BCUT2D eigenvalue weighted by Crippen LogP contribution is 2.20. The maximum Gasteiger partial charge on any atom is 0.296 e. The van der Waals surface area contributed by atoms with E-state index in [0.29, 0.717) is 26.8 Å². The predicted octanol–water partition coefficient (Wildman–Crippen LogP) is 3.61. The summed E-state index contributed by atoms with van der Waals surface area (Å²) < 4.78 is 4.57. The maximum absolute atomic E-state index is 12.8. The van der Waals surface area contributed by atoms with E-state index in [1.54, 1.807) is 53.7 Å². The summed E-state index contributed by atoms with van der Waals surface area (Å²) in [5.74, 6) is 0.480. The van der Waals surface area contributed by atoms with Crippen molar-refractivity contribution in [3.8, 4) is 5.69 Å². The van der Waals surface area contributed by atoms with E-state index < -0.39 is 0 Å². The first-order valence-corrected chi connectivity index (χ1v) is 11.4. The number of thioether (sulfide) groups is 1. The second-order valence-corrected chi connectivity index (χ2v) is 8.33. The number of benzene rings is 2. The standard InChI is InChI=1S/C20H18Cl2N8OS/c1-12-17(31)30(20(32-3)25-24-12)27-19-28(2)26-18(23-15-8-4-13(21)5-9-15)29(19)16-10-6-14(22)7-11-16/h4-11H,1-3H3,(H,23,26)/b27-19+. The highest BCUT2D eigenvalue weighted by molar-refractivity contribution is 7.98. The number of anilines is 2. The number of aromatic nitrogens is 6. The van der Waals surface area contributed by atoms with E-state index >= 15 is 0 Å². The molecule has 0 bridgehead atoms. The van der Waals surface area contributed by atoms with E-state index in [2.05, 4.69) is 25.7 Å². The molecule has 0 saturated heterocycles. The maximum atomic E-state index is 12.8. The lowest BCUT2D eigenvalue weighted by molar-refractivity contribution is 0.579. The quantitative estimate of drug-likeness (QED) is 0.431. The molecule has 1 N–H and O–H groups in total. The molecular weight excluding hydrogens is 471 g/mol. The Labute approximate surface area is 197 Å². The molecule has 0 fully saturated rings. The topological polar surface area (TPSA) is 94.9 Å². The lowest BCUT2D eigenvalue weighted by Crippen LogP contribution is -2.31. The van der Waals surface area contributed by atoms with Gasteiger partial charge in [-0.2, -0.15) is 4.68 Å². The summed E-state index contributed by atoms with van der Waals surface area (Å²) in [6.45, 7) is 1.59. The van der Waals surface area contributed by atoms with E-state index in [0.717, 1.165) is 11.4 Å². The number of hydrogen-bond acceptors (Lipinski definition) is 7. The van der Waals surface area contributed by atoms with Gasteiger partial charge < -0.3 is 5.32 Å². The number of nitrogens with one attached hydrogen (secondary N) is 1. The van der Waals surface area contributed by atoms with Gasteiger partial charge in [0.05, 0.1) is 5.69 Å². The van der Waals surface area contributed by atoms with Gasteiger partial charge in [-0.3, -0.25) is 4.79 Å². The summed E-state index contributed by atoms with van der Waals surface area (Å²) in [4.78, 5) is 12.8. The van der Waals surface area contributed by atoms with Crippen LogP contribution in [-0.4, -0.2) is 35.5 Å². The average molecular weight is 489 g/mol. The Kier molecular flexibility index (Phi) is 6.35. The van der Waals surface area contributed by atoms with Crippen LogP contribution in [0, 0.1) is 6.92 Å². The van der Waals surface area contributed by atoms with Crippen molar-refractivity contribution in [3.05, 3.63) is 80.2 Å². The van der Waals surface area contributed by atoms with E-state index in [9.17, 15) is 4.79 Å². The van der Waals surface area contributed by atoms with Crippen LogP contribution in [-0.2, 0) is 7.05 Å². The first-order chi connectivity index (χ1) is 15.4.